The summed E-state index contributed by atoms with van der Waals surface area (Å²) in [4.78, 5) is 47.2. The van der Waals surface area contributed by atoms with Crippen molar-refractivity contribution in [2.45, 2.75) is 31.0 Å². The number of ether oxygens (including phenoxy) is 1. The molecule has 2 saturated heterocycles. The van der Waals surface area contributed by atoms with Gasteiger partial charge in [0, 0.05) is 26.2 Å². The van der Waals surface area contributed by atoms with Crippen LogP contribution in [0.25, 0.3) is 11.0 Å². The third-order valence-corrected chi connectivity index (χ3v) is 8.61. The third kappa shape index (κ3) is 3.98. The van der Waals surface area contributed by atoms with Crippen molar-refractivity contribution in [2.75, 3.05) is 26.2 Å². The van der Waals surface area contributed by atoms with Gasteiger partial charge in [0.1, 0.15) is 23.8 Å². The quantitative estimate of drug-likeness (QED) is 0.451. The van der Waals surface area contributed by atoms with E-state index in [0.717, 1.165) is 11.1 Å². The SMILES string of the molecule is O=C1C2N(CCO)C(=O)[C@@H]3[C@H]4C(=O)N(Cc5ccccc5)CC=C[C@H]4O[C@]23C=CCN1Cn1nnc2ccccc21. The predicted octanol–water partition coefficient (Wildman–Crippen LogP) is 0.959. The first-order chi connectivity index (χ1) is 20.0. The maximum atomic E-state index is 14.3. The third-order valence-electron chi connectivity index (χ3n) is 8.61. The van der Waals surface area contributed by atoms with Crippen LogP contribution in [0.1, 0.15) is 5.56 Å². The lowest BCUT2D eigenvalue weighted by molar-refractivity contribution is -0.149. The molecular weight excluding hydrogens is 524 g/mol. The lowest BCUT2D eigenvalue weighted by Gasteiger charge is -2.35. The van der Waals surface area contributed by atoms with E-state index in [2.05, 4.69) is 10.3 Å². The zero-order chi connectivity index (χ0) is 28.1. The number of aliphatic hydroxyl groups is 1. The van der Waals surface area contributed by atoms with Crippen molar-refractivity contribution in [3.05, 3.63) is 84.5 Å². The summed E-state index contributed by atoms with van der Waals surface area (Å²) in [5.41, 5.74) is 1.14. The summed E-state index contributed by atoms with van der Waals surface area (Å²) in [7, 11) is 0. The minimum Gasteiger partial charge on any atom is -0.395 e. The Bertz CT molecular complexity index is 1570. The fraction of sp³-hybridized carbons (Fsp3) is 0.367. The van der Waals surface area contributed by atoms with E-state index in [1.54, 1.807) is 20.6 Å². The van der Waals surface area contributed by atoms with Crippen molar-refractivity contribution in [2.24, 2.45) is 11.8 Å². The average molecular weight is 555 g/mol. The molecule has 4 aliphatic heterocycles. The number of aromatic nitrogens is 3. The van der Waals surface area contributed by atoms with Crippen molar-refractivity contribution in [3.63, 3.8) is 0 Å². The van der Waals surface area contributed by atoms with Crippen molar-refractivity contribution in [1.82, 2.24) is 29.7 Å². The fourth-order valence-corrected chi connectivity index (χ4v) is 6.84. The number of aliphatic hydroxyl groups excluding tert-OH is 1. The molecule has 5 atom stereocenters. The number of para-hydroxylation sites is 1. The average Bonchev–Trinajstić information content (AvgIpc) is 3.54. The molecule has 2 fully saturated rings. The Morgan fingerprint density at radius 2 is 1.71 bits per heavy atom. The lowest BCUT2D eigenvalue weighted by atomic mass is 9.77. The van der Waals surface area contributed by atoms with E-state index < -0.39 is 29.6 Å². The van der Waals surface area contributed by atoms with Crippen LogP contribution >= 0.6 is 0 Å². The van der Waals surface area contributed by atoms with Crippen LogP contribution in [0.5, 0.6) is 0 Å². The molecule has 0 bridgehead atoms. The van der Waals surface area contributed by atoms with Crippen LogP contribution in [0.15, 0.2) is 78.9 Å². The van der Waals surface area contributed by atoms with E-state index in [0.29, 0.717) is 18.6 Å². The number of rotatable bonds is 6. The van der Waals surface area contributed by atoms with E-state index in [1.165, 1.54) is 4.90 Å². The van der Waals surface area contributed by atoms with E-state index in [1.807, 2.05) is 72.8 Å². The highest BCUT2D eigenvalue weighted by Crippen LogP contribution is 2.53. The van der Waals surface area contributed by atoms with Gasteiger partial charge in [-0.3, -0.25) is 14.4 Å². The molecule has 1 unspecified atom stereocenters. The van der Waals surface area contributed by atoms with Crippen LogP contribution in [0.2, 0.25) is 0 Å². The Hall–Kier alpha value is -4.35. The molecule has 11 heteroatoms. The molecule has 0 saturated carbocycles. The Kier molecular flexibility index (Phi) is 6.20. The topological polar surface area (TPSA) is 121 Å². The fourth-order valence-electron chi connectivity index (χ4n) is 6.84. The second kappa shape index (κ2) is 9.93. The van der Waals surface area contributed by atoms with Gasteiger partial charge >= 0.3 is 0 Å². The van der Waals surface area contributed by atoms with Crippen molar-refractivity contribution < 1.29 is 24.2 Å². The van der Waals surface area contributed by atoms with E-state index >= 15 is 0 Å². The molecule has 210 valence electrons. The highest BCUT2D eigenvalue weighted by molar-refractivity contribution is 5.99. The van der Waals surface area contributed by atoms with Gasteiger partial charge in [-0.25, -0.2) is 4.68 Å². The van der Waals surface area contributed by atoms with Gasteiger partial charge in [-0.2, -0.15) is 0 Å². The summed E-state index contributed by atoms with van der Waals surface area (Å²) in [5, 5.41) is 18.3. The zero-order valence-electron chi connectivity index (χ0n) is 22.3. The highest BCUT2D eigenvalue weighted by atomic mass is 16.5. The Labute approximate surface area is 236 Å². The van der Waals surface area contributed by atoms with E-state index in [9.17, 15) is 19.5 Å². The van der Waals surface area contributed by atoms with E-state index in [4.69, 9.17) is 4.74 Å². The number of carbonyl (C=O) groups is 3. The Morgan fingerprint density at radius 1 is 0.927 bits per heavy atom. The molecule has 2 aromatic carbocycles. The monoisotopic (exact) mass is 554 g/mol. The van der Waals surface area contributed by atoms with Crippen molar-refractivity contribution >= 4 is 28.8 Å². The Morgan fingerprint density at radius 3 is 2.54 bits per heavy atom. The number of nitrogens with zero attached hydrogens (tertiary/aromatic N) is 6. The highest BCUT2D eigenvalue weighted by Gasteiger charge is 2.71. The smallest absolute Gasteiger partial charge is 0.250 e. The summed E-state index contributed by atoms with van der Waals surface area (Å²) in [6.07, 6.45) is 6.73. The maximum Gasteiger partial charge on any atom is 0.250 e. The summed E-state index contributed by atoms with van der Waals surface area (Å²) < 4.78 is 8.28. The van der Waals surface area contributed by atoms with Crippen LogP contribution in [-0.2, 0) is 32.3 Å². The largest absolute Gasteiger partial charge is 0.395 e. The molecule has 3 amide bonds. The van der Waals surface area contributed by atoms with Gasteiger partial charge in [0.2, 0.25) is 11.8 Å². The standard InChI is InChI=1S/C30H30N6O5/c37-17-16-35-26-29(40)34(19-36-22-11-5-4-10-21(22)31-32-36)15-7-13-30(26)25(28(35)39)24-23(41-30)12-6-14-33(27(24)38)18-20-8-2-1-3-9-20/h1-13,23-26,37H,14-19H2/t23-,24+,25+,26?,30+/m1/s1. The normalized spacial score (nSPS) is 29.1. The molecule has 41 heavy (non-hydrogen) atoms. The number of hydrogen-bond donors (Lipinski definition) is 1. The number of likely N-dealkylation sites (tertiary alicyclic amines) is 1. The first kappa shape index (κ1) is 25.6. The van der Waals surface area contributed by atoms with Crippen LogP contribution in [-0.4, -0.2) is 96.5 Å². The first-order valence-corrected chi connectivity index (χ1v) is 13.8. The zero-order valence-corrected chi connectivity index (χ0v) is 22.3. The number of benzene rings is 2. The number of amides is 3. The van der Waals surface area contributed by atoms with Crippen LogP contribution in [0.3, 0.4) is 0 Å². The van der Waals surface area contributed by atoms with Crippen LogP contribution < -0.4 is 0 Å². The van der Waals surface area contributed by atoms with Crippen LogP contribution in [0, 0.1) is 11.8 Å². The number of fused-ring (bicyclic) bond motifs is 3. The van der Waals surface area contributed by atoms with Gasteiger partial charge in [-0.15, -0.1) is 5.10 Å². The molecule has 7 rings (SSSR count). The molecular formula is C30H30N6O5. The molecule has 1 spiro atoms. The van der Waals surface area contributed by atoms with Crippen molar-refractivity contribution in [3.8, 4) is 0 Å². The summed E-state index contributed by atoms with van der Waals surface area (Å²) in [6.45, 7) is 0.827. The second-order valence-corrected chi connectivity index (χ2v) is 10.9. The molecule has 0 aliphatic carbocycles. The van der Waals surface area contributed by atoms with Gasteiger partial charge in [-0.1, -0.05) is 72.0 Å². The lowest BCUT2D eigenvalue weighted by Crippen LogP contribution is -2.55. The van der Waals surface area contributed by atoms with Gasteiger partial charge in [0.15, 0.2) is 0 Å². The van der Waals surface area contributed by atoms with Gasteiger partial charge in [0.25, 0.3) is 5.91 Å². The van der Waals surface area contributed by atoms with E-state index in [-0.39, 0.29) is 44.1 Å². The summed E-state index contributed by atoms with van der Waals surface area (Å²) in [6, 6.07) is 16.2. The number of carbonyl (C=O) groups excluding carboxylic acids is 3. The predicted molar refractivity (Wildman–Crippen MR) is 147 cm³/mol. The molecule has 1 N–H and O–H groups in total. The Balaban J connectivity index is 1.24. The molecule has 1 aromatic heterocycles. The van der Waals surface area contributed by atoms with Gasteiger partial charge < -0.3 is 24.5 Å². The molecule has 11 nitrogen and oxygen atoms in total. The second-order valence-electron chi connectivity index (χ2n) is 10.9. The first-order valence-electron chi connectivity index (χ1n) is 13.8. The van der Waals surface area contributed by atoms with Gasteiger partial charge in [0.05, 0.1) is 30.1 Å². The minimum absolute atomic E-state index is 0.0417. The molecule has 3 aromatic rings. The number of hydrogen-bond acceptors (Lipinski definition) is 7. The molecule has 5 heterocycles. The van der Waals surface area contributed by atoms with Crippen LogP contribution in [0.4, 0.5) is 0 Å². The summed E-state index contributed by atoms with van der Waals surface area (Å²) >= 11 is 0. The van der Waals surface area contributed by atoms with Gasteiger partial charge in [-0.05, 0) is 17.7 Å². The minimum atomic E-state index is -1.34. The van der Waals surface area contributed by atoms with Crippen molar-refractivity contribution in [1.29, 1.82) is 0 Å². The number of β-amino-alcohol motifs (C(OH)–C–C–N with tert-alkyl or cyclic N) is 1. The summed E-state index contributed by atoms with van der Waals surface area (Å²) in [5.74, 6) is -2.55. The maximum absolute atomic E-state index is 14.3. The molecule has 0 radical (unpaired) electrons. The molecule has 4 aliphatic rings.